The quantitative estimate of drug-likeness (QED) is 0.643. The Morgan fingerprint density at radius 3 is 2.56 bits per heavy atom. The maximum atomic E-state index is 11.2. The van der Waals surface area contributed by atoms with Crippen LogP contribution in [0.5, 0.6) is 0 Å². The van der Waals surface area contributed by atoms with Crippen molar-refractivity contribution in [2.75, 3.05) is 13.1 Å². The molecule has 1 amide bonds. The van der Waals surface area contributed by atoms with Crippen LogP contribution < -0.4 is 16.0 Å². The normalized spacial score (nSPS) is 16.6. The van der Waals surface area contributed by atoms with Crippen LogP contribution in [0.3, 0.4) is 0 Å². The summed E-state index contributed by atoms with van der Waals surface area (Å²) < 4.78 is 0. The van der Waals surface area contributed by atoms with Crippen molar-refractivity contribution in [3.63, 3.8) is 0 Å². The standard InChI is InChI=1S/C11H21N3OS/c1-2-12-10(15)8-13-11(16)14-9-6-4-3-5-7-9/h9H,2-8H2,1H3,(H,12,15)(H2,13,14,16). The van der Waals surface area contributed by atoms with Crippen LogP contribution in [-0.4, -0.2) is 30.2 Å². The van der Waals surface area contributed by atoms with E-state index in [2.05, 4.69) is 16.0 Å². The van der Waals surface area contributed by atoms with E-state index in [0.29, 0.717) is 17.7 Å². The number of amides is 1. The van der Waals surface area contributed by atoms with Gasteiger partial charge in [0.2, 0.25) is 5.91 Å². The highest BCUT2D eigenvalue weighted by Crippen LogP contribution is 2.16. The minimum Gasteiger partial charge on any atom is -0.360 e. The molecule has 0 radical (unpaired) electrons. The van der Waals surface area contributed by atoms with Gasteiger partial charge in [-0.3, -0.25) is 4.79 Å². The lowest BCUT2D eigenvalue weighted by molar-refractivity contribution is -0.119. The molecule has 0 aromatic carbocycles. The Balaban J connectivity index is 2.12. The zero-order valence-corrected chi connectivity index (χ0v) is 10.7. The number of carbonyl (C=O) groups excluding carboxylic acids is 1. The second kappa shape index (κ2) is 7.44. The van der Waals surface area contributed by atoms with Gasteiger partial charge in [0.05, 0.1) is 6.54 Å². The summed E-state index contributed by atoms with van der Waals surface area (Å²) in [5, 5.41) is 9.49. The first kappa shape index (κ1) is 13.2. The summed E-state index contributed by atoms with van der Waals surface area (Å²) in [6.07, 6.45) is 6.25. The maximum Gasteiger partial charge on any atom is 0.239 e. The molecule has 0 aromatic heterocycles. The van der Waals surface area contributed by atoms with Crippen molar-refractivity contribution >= 4 is 23.2 Å². The molecule has 0 aliphatic heterocycles. The largest absolute Gasteiger partial charge is 0.360 e. The molecule has 0 spiro atoms. The topological polar surface area (TPSA) is 53.2 Å². The number of hydrogen-bond donors (Lipinski definition) is 3. The molecule has 1 aliphatic carbocycles. The maximum absolute atomic E-state index is 11.2. The number of likely N-dealkylation sites (N-methyl/N-ethyl adjacent to an activating group) is 1. The number of hydrogen-bond acceptors (Lipinski definition) is 2. The van der Waals surface area contributed by atoms with E-state index in [4.69, 9.17) is 12.2 Å². The molecule has 0 unspecified atom stereocenters. The third kappa shape index (κ3) is 5.30. The fourth-order valence-electron chi connectivity index (χ4n) is 1.90. The van der Waals surface area contributed by atoms with Gasteiger partial charge < -0.3 is 16.0 Å². The Labute approximate surface area is 103 Å². The summed E-state index contributed by atoms with van der Waals surface area (Å²) in [6.45, 7) is 2.81. The first-order valence-electron chi connectivity index (χ1n) is 6.03. The van der Waals surface area contributed by atoms with Crippen LogP contribution in [0.1, 0.15) is 39.0 Å². The van der Waals surface area contributed by atoms with Crippen molar-refractivity contribution in [1.82, 2.24) is 16.0 Å². The number of thiocarbonyl (C=S) groups is 1. The van der Waals surface area contributed by atoms with Crippen molar-refractivity contribution < 1.29 is 4.79 Å². The second-order valence-corrected chi connectivity index (χ2v) is 4.52. The molecule has 3 N–H and O–H groups in total. The Bertz CT molecular complexity index is 239. The van der Waals surface area contributed by atoms with Gasteiger partial charge in [0.1, 0.15) is 0 Å². The predicted octanol–water partition coefficient (Wildman–Crippen LogP) is 0.919. The lowest BCUT2D eigenvalue weighted by atomic mass is 9.96. The average Bonchev–Trinajstić information content (AvgIpc) is 2.28. The summed E-state index contributed by atoms with van der Waals surface area (Å²) in [5.41, 5.74) is 0. The molecule has 1 fully saturated rings. The smallest absolute Gasteiger partial charge is 0.239 e. The molecule has 5 heteroatoms. The van der Waals surface area contributed by atoms with Crippen LogP contribution >= 0.6 is 12.2 Å². The Hall–Kier alpha value is -0.840. The van der Waals surface area contributed by atoms with Crippen LogP contribution in [0.2, 0.25) is 0 Å². The fraction of sp³-hybridized carbons (Fsp3) is 0.818. The van der Waals surface area contributed by atoms with E-state index < -0.39 is 0 Å². The average molecular weight is 243 g/mol. The zero-order valence-electron chi connectivity index (χ0n) is 9.84. The van der Waals surface area contributed by atoms with Crippen molar-refractivity contribution in [2.24, 2.45) is 0 Å². The van der Waals surface area contributed by atoms with E-state index in [1.807, 2.05) is 6.92 Å². The van der Waals surface area contributed by atoms with E-state index in [1.165, 1.54) is 32.1 Å². The highest BCUT2D eigenvalue weighted by atomic mass is 32.1. The first-order chi connectivity index (χ1) is 7.72. The van der Waals surface area contributed by atoms with E-state index in [-0.39, 0.29) is 12.5 Å². The van der Waals surface area contributed by atoms with Crippen LogP contribution in [0, 0.1) is 0 Å². The van der Waals surface area contributed by atoms with Gasteiger partial charge in [-0.05, 0) is 32.0 Å². The molecule has 1 aliphatic rings. The molecule has 1 rings (SSSR count). The molecule has 1 saturated carbocycles. The Morgan fingerprint density at radius 1 is 1.25 bits per heavy atom. The van der Waals surface area contributed by atoms with Crippen molar-refractivity contribution in [1.29, 1.82) is 0 Å². The van der Waals surface area contributed by atoms with Gasteiger partial charge in [0.15, 0.2) is 5.11 Å². The van der Waals surface area contributed by atoms with Gasteiger partial charge in [-0.2, -0.15) is 0 Å². The molecular formula is C11H21N3OS. The molecule has 0 saturated heterocycles. The van der Waals surface area contributed by atoms with Crippen molar-refractivity contribution in [2.45, 2.75) is 45.1 Å². The number of rotatable bonds is 4. The van der Waals surface area contributed by atoms with Crippen LogP contribution in [0.25, 0.3) is 0 Å². The highest BCUT2D eigenvalue weighted by molar-refractivity contribution is 7.80. The lowest BCUT2D eigenvalue weighted by Gasteiger charge is -2.24. The molecule has 0 aromatic rings. The second-order valence-electron chi connectivity index (χ2n) is 4.12. The van der Waals surface area contributed by atoms with Crippen LogP contribution in [0.15, 0.2) is 0 Å². The molecule has 4 nitrogen and oxygen atoms in total. The minimum absolute atomic E-state index is 0.0182. The van der Waals surface area contributed by atoms with Gasteiger partial charge in [-0.1, -0.05) is 19.3 Å². The monoisotopic (exact) mass is 243 g/mol. The van der Waals surface area contributed by atoms with E-state index >= 15 is 0 Å². The summed E-state index contributed by atoms with van der Waals surface area (Å²) >= 11 is 5.14. The molecule has 0 bridgehead atoms. The van der Waals surface area contributed by atoms with Gasteiger partial charge in [0, 0.05) is 12.6 Å². The molecule has 0 heterocycles. The SMILES string of the molecule is CCNC(=O)CNC(=S)NC1CCCCC1. The summed E-state index contributed by atoms with van der Waals surface area (Å²) in [7, 11) is 0. The third-order valence-electron chi connectivity index (χ3n) is 2.72. The molecule has 0 atom stereocenters. The number of carbonyl (C=O) groups is 1. The van der Waals surface area contributed by atoms with Gasteiger partial charge in [0.25, 0.3) is 0 Å². The van der Waals surface area contributed by atoms with Crippen LogP contribution in [-0.2, 0) is 4.79 Å². The Kier molecular flexibility index (Phi) is 6.15. The summed E-state index contributed by atoms with van der Waals surface area (Å²) in [4.78, 5) is 11.2. The van der Waals surface area contributed by atoms with E-state index in [1.54, 1.807) is 0 Å². The summed E-state index contributed by atoms with van der Waals surface area (Å²) in [6, 6.07) is 0.489. The molecule has 16 heavy (non-hydrogen) atoms. The lowest BCUT2D eigenvalue weighted by Crippen LogP contribution is -2.46. The van der Waals surface area contributed by atoms with Gasteiger partial charge >= 0.3 is 0 Å². The van der Waals surface area contributed by atoms with E-state index in [0.717, 1.165) is 0 Å². The zero-order chi connectivity index (χ0) is 11.8. The van der Waals surface area contributed by atoms with Gasteiger partial charge in [-0.15, -0.1) is 0 Å². The van der Waals surface area contributed by atoms with Crippen molar-refractivity contribution in [3.8, 4) is 0 Å². The van der Waals surface area contributed by atoms with Crippen molar-refractivity contribution in [3.05, 3.63) is 0 Å². The predicted molar refractivity (Wildman–Crippen MR) is 69.3 cm³/mol. The minimum atomic E-state index is -0.0182. The Morgan fingerprint density at radius 2 is 1.94 bits per heavy atom. The first-order valence-corrected chi connectivity index (χ1v) is 6.44. The fourth-order valence-corrected chi connectivity index (χ4v) is 2.14. The van der Waals surface area contributed by atoms with E-state index in [9.17, 15) is 4.79 Å². The molecule has 92 valence electrons. The van der Waals surface area contributed by atoms with Crippen LogP contribution in [0.4, 0.5) is 0 Å². The third-order valence-corrected chi connectivity index (χ3v) is 2.99. The molecular weight excluding hydrogens is 222 g/mol. The highest BCUT2D eigenvalue weighted by Gasteiger charge is 2.13. The summed E-state index contributed by atoms with van der Waals surface area (Å²) in [5.74, 6) is -0.0182. The number of nitrogens with one attached hydrogen (secondary N) is 3. The van der Waals surface area contributed by atoms with Gasteiger partial charge in [-0.25, -0.2) is 0 Å².